The van der Waals surface area contributed by atoms with Gasteiger partial charge in [-0.3, -0.25) is 9.59 Å². The fourth-order valence-corrected chi connectivity index (χ4v) is 5.36. The number of hydrogen-bond donors (Lipinski definition) is 2. The molecule has 9 heteroatoms. The van der Waals surface area contributed by atoms with Crippen LogP contribution in [0.1, 0.15) is 24.0 Å². The Kier molecular flexibility index (Phi) is 6.88. The highest BCUT2D eigenvalue weighted by molar-refractivity contribution is 7.89. The van der Waals surface area contributed by atoms with Crippen molar-refractivity contribution in [2.45, 2.75) is 30.7 Å². The highest BCUT2D eigenvalue weighted by Gasteiger charge is 2.27. The molecule has 0 spiro atoms. The van der Waals surface area contributed by atoms with Crippen LogP contribution in [0.2, 0.25) is 0 Å². The molecule has 1 fully saturated rings. The molecule has 0 saturated carbocycles. The average molecular weight is 458 g/mol. The predicted molar refractivity (Wildman–Crippen MR) is 119 cm³/mol. The summed E-state index contributed by atoms with van der Waals surface area (Å²) in [5.74, 6) is -0.407. The van der Waals surface area contributed by atoms with Gasteiger partial charge in [-0.15, -0.1) is 0 Å². The number of anilines is 1. The van der Waals surface area contributed by atoms with Gasteiger partial charge in [-0.05, 0) is 42.2 Å². The molecule has 32 heavy (non-hydrogen) atoms. The molecule has 0 unspecified atom stereocenters. The first-order valence-electron chi connectivity index (χ1n) is 10.8. The van der Waals surface area contributed by atoms with Gasteiger partial charge in [-0.25, -0.2) is 8.42 Å². The lowest BCUT2D eigenvalue weighted by Gasteiger charge is -2.26. The summed E-state index contributed by atoms with van der Waals surface area (Å²) >= 11 is 0. The standard InChI is InChI=1S/C23H27N3O5S/c27-22(10-7-19-15-18-3-1-2-4-21(18)25-23(19)28)24-16-17-5-8-20(9-6-17)32(29,30)26-11-13-31-14-12-26/h1-6,8-9,19H,7,10-16H2,(H,24,27)(H,25,28)/t19-/m0/s1. The number of carbonyl (C=O) groups excluding carboxylic acids is 2. The number of rotatable bonds is 7. The van der Waals surface area contributed by atoms with Gasteiger partial charge in [-0.1, -0.05) is 30.3 Å². The summed E-state index contributed by atoms with van der Waals surface area (Å²) in [5, 5.41) is 5.75. The van der Waals surface area contributed by atoms with Crippen molar-refractivity contribution < 1.29 is 22.7 Å². The van der Waals surface area contributed by atoms with E-state index in [1.807, 2.05) is 24.3 Å². The lowest BCUT2D eigenvalue weighted by atomic mass is 9.89. The van der Waals surface area contributed by atoms with E-state index in [2.05, 4.69) is 10.6 Å². The van der Waals surface area contributed by atoms with Crippen molar-refractivity contribution in [1.82, 2.24) is 9.62 Å². The first-order chi connectivity index (χ1) is 15.4. The molecule has 2 amide bonds. The van der Waals surface area contributed by atoms with Crippen LogP contribution in [0.15, 0.2) is 53.4 Å². The molecule has 0 aromatic heterocycles. The maximum atomic E-state index is 12.7. The zero-order chi connectivity index (χ0) is 22.6. The van der Waals surface area contributed by atoms with Crippen LogP contribution in [0.4, 0.5) is 5.69 Å². The molecule has 8 nitrogen and oxygen atoms in total. The van der Waals surface area contributed by atoms with E-state index in [1.165, 1.54) is 4.31 Å². The number of nitrogens with zero attached hydrogens (tertiary/aromatic N) is 1. The average Bonchev–Trinajstić information content (AvgIpc) is 2.82. The Labute approximate surface area is 188 Å². The van der Waals surface area contributed by atoms with Gasteiger partial charge in [0.1, 0.15) is 0 Å². The number of morpholine rings is 1. The summed E-state index contributed by atoms with van der Waals surface area (Å²) in [6.07, 6.45) is 1.36. The van der Waals surface area contributed by atoms with Crippen LogP contribution in [0, 0.1) is 5.92 Å². The largest absolute Gasteiger partial charge is 0.379 e. The third-order valence-corrected chi connectivity index (χ3v) is 7.77. The molecule has 2 heterocycles. The minimum atomic E-state index is -3.53. The van der Waals surface area contributed by atoms with E-state index < -0.39 is 10.0 Å². The van der Waals surface area contributed by atoms with Crippen molar-refractivity contribution in [3.05, 3.63) is 59.7 Å². The van der Waals surface area contributed by atoms with Crippen molar-refractivity contribution in [3.8, 4) is 0 Å². The van der Waals surface area contributed by atoms with Crippen LogP contribution in [-0.2, 0) is 37.3 Å². The van der Waals surface area contributed by atoms with Crippen molar-refractivity contribution in [2.24, 2.45) is 5.92 Å². The number of fused-ring (bicyclic) bond motifs is 1. The second-order valence-corrected chi connectivity index (χ2v) is 9.96. The smallest absolute Gasteiger partial charge is 0.243 e. The number of sulfonamides is 1. The summed E-state index contributed by atoms with van der Waals surface area (Å²) in [6.45, 7) is 1.81. The third-order valence-electron chi connectivity index (χ3n) is 5.85. The Hall–Kier alpha value is -2.75. The minimum absolute atomic E-state index is 0.0476. The van der Waals surface area contributed by atoms with Crippen LogP contribution in [-0.4, -0.2) is 50.8 Å². The number of nitrogens with one attached hydrogen (secondary N) is 2. The normalized spacial score (nSPS) is 19.1. The van der Waals surface area contributed by atoms with Crippen molar-refractivity contribution in [3.63, 3.8) is 0 Å². The predicted octanol–water partition coefficient (Wildman–Crippen LogP) is 1.91. The van der Waals surface area contributed by atoms with Gasteiger partial charge in [0.15, 0.2) is 0 Å². The van der Waals surface area contributed by atoms with Crippen molar-refractivity contribution >= 4 is 27.5 Å². The summed E-state index contributed by atoms with van der Waals surface area (Å²) in [7, 11) is -3.53. The van der Waals surface area contributed by atoms with Crippen molar-refractivity contribution in [2.75, 3.05) is 31.6 Å². The van der Waals surface area contributed by atoms with E-state index in [4.69, 9.17) is 4.74 Å². The van der Waals surface area contributed by atoms with Crippen LogP contribution in [0.5, 0.6) is 0 Å². The molecule has 170 valence electrons. The van der Waals surface area contributed by atoms with Gasteiger partial charge < -0.3 is 15.4 Å². The number of ether oxygens (including phenoxy) is 1. The summed E-state index contributed by atoms with van der Waals surface area (Å²) in [6, 6.07) is 14.2. The molecule has 2 aliphatic rings. The first kappa shape index (κ1) is 22.4. The lowest BCUT2D eigenvalue weighted by molar-refractivity contribution is -0.122. The Bertz CT molecular complexity index is 1080. The quantitative estimate of drug-likeness (QED) is 0.661. The van der Waals surface area contributed by atoms with E-state index in [0.717, 1.165) is 16.8 Å². The maximum absolute atomic E-state index is 12.7. The van der Waals surface area contributed by atoms with E-state index in [0.29, 0.717) is 45.7 Å². The van der Waals surface area contributed by atoms with Gasteiger partial charge in [0.25, 0.3) is 0 Å². The third kappa shape index (κ3) is 5.17. The Morgan fingerprint density at radius 2 is 1.81 bits per heavy atom. The van der Waals surface area contributed by atoms with E-state index in [-0.39, 0.29) is 29.0 Å². The molecule has 4 rings (SSSR count). The lowest BCUT2D eigenvalue weighted by Crippen LogP contribution is -2.40. The SMILES string of the molecule is O=C(CC[C@H]1Cc2ccccc2NC1=O)NCc1ccc(S(=O)(=O)N2CCOCC2)cc1. The van der Waals surface area contributed by atoms with Gasteiger partial charge in [0.2, 0.25) is 21.8 Å². The number of amides is 2. The van der Waals surface area contributed by atoms with Crippen molar-refractivity contribution in [1.29, 1.82) is 0 Å². The van der Waals surface area contributed by atoms with E-state index in [1.54, 1.807) is 24.3 Å². The summed E-state index contributed by atoms with van der Waals surface area (Å²) in [4.78, 5) is 24.8. The second-order valence-electron chi connectivity index (χ2n) is 8.02. The Morgan fingerprint density at radius 3 is 2.56 bits per heavy atom. The fourth-order valence-electron chi connectivity index (χ4n) is 3.96. The van der Waals surface area contributed by atoms with Gasteiger partial charge in [0, 0.05) is 37.7 Å². The van der Waals surface area contributed by atoms with Gasteiger partial charge in [0.05, 0.1) is 18.1 Å². The molecule has 1 atom stereocenters. The first-order valence-corrected chi connectivity index (χ1v) is 12.2. The molecule has 0 bridgehead atoms. The van der Waals surface area contributed by atoms with E-state index in [9.17, 15) is 18.0 Å². The molecular weight excluding hydrogens is 430 g/mol. The Balaban J connectivity index is 1.26. The Morgan fingerprint density at radius 1 is 1.09 bits per heavy atom. The molecule has 2 N–H and O–H groups in total. The van der Waals surface area contributed by atoms with E-state index >= 15 is 0 Å². The number of carbonyl (C=O) groups is 2. The molecule has 2 aliphatic heterocycles. The van der Waals surface area contributed by atoms with Crippen LogP contribution in [0.3, 0.4) is 0 Å². The summed E-state index contributed by atoms with van der Waals surface area (Å²) < 4.78 is 32.0. The monoisotopic (exact) mass is 457 g/mol. The highest BCUT2D eigenvalue weighted by atomic mass is 32.2. The molecular formula is C23H27N3O5S. The highest BCUT2D eigenvalue weighted by Crippen LogP contribution is 2.27. The molecule has 2 aromatic carbocycles. The molecule has 2 aromatic rings. The zero-order valence-electron chi connectivity index (χ0n) is 17.7. The van der Waals surface area contributed by atoms with Crippen LogP contribution in [0.25, 0.3) is 0 Å². The number of benzene rings is 2. The maximum Gasteiger partial charge on any atom is 0.243 e. The number of para-hydroxylation sites is 1. The minimum Gasteiger partial charge on any atom is -0.379 e. The molecule has 1 saturated heterocycles. The zero-order valence-corrected chi connectivity index (χ0v) is 18.6. The molecule has 0 radical (unpaired) electrons. The van der Waals surface area contributed by atoms with Crippen LogP contribution < -0.4 is 10.6 Å². The summed E-state index contributed by atoms with van der Waals surface area (Å²) in [5.41, 5.74) is 2.74. The van der Waals surface area contributed by atoms with Crippen LogP contribution >= 0.6 is 0 Å². The van der Waals surface area contributed by atoms with Gasteiger partial charge >= 0.3 is 0 Å². The number of hydrogen-bond acceptors (Lipinski definition) is 5. The fraction of sp³-hybridized carbons (Fsp3) is 0.391. The van der Waals surface area contributed by atoms with Gasteiger partial charge in [-0.2, -0.15) is 4.31 Å². The topological polar surface area (TPSA) is 105 Å². The molecule has 0 aliphatic carbocycles. The second kappa shape index (κ2) is 9.81.